The Bertz CT molecular complexity index is 864. The normalized spacial score (nSPS) is 10.7. The smallest absolute Gasteiger partial charge is 0.265 e. The van der Waals surface area contributed by atoms with Gasteiger partial charge in [-0.1, -0.05) is 35.5 Å². The summed E-state index contributed by atoms with van der Waals surface area (Å²) in [6.07, 6.45) is 4.44. The van der Waals surface area contributed by atoms with Gasteiger partial charge in [-0.15, -0.1) is 0 Å². The van der Waals surface area contributed by atoms with Gasteiger partial charge in [-0.05, 0) is 26.0 Å². The average Bonchev–Trinajstić information content (AvgIpc) is 2.85. The van der Waals surface area contributed by atoms with Crippen molar-refractivity contribution in [3.8, 4) is 0 Å². The zero-order chi connectivity index (χ0) is 16.4. The summed E-state index contributed by atoms with van der Waals surface area (Å²) in [7, 11) is 0. The van der Waals surface area contributed by atoms with Gasteiger partial charge in [0.25, 0.3) is 5.91 Å². The molecule has 0 aliphatic rings. The lowest BCUT2D eigenvalue weighted by Gasteiger charge is -2.05. The molecule has 2 heterocycles. The first-order valence-corrected chi connectivity index (χ1v) is 8.06. The monoisotopic (exact) mass is 344 g/mol. The van der Waals surface area contributed by atoms with E-state index in [0.29, 0.717) is 5.02 Å². The molecule has 0 fully saturated rings. The number of aromatic nitrogens is 4. The molecule has 0 atom stereocenters. The highest BCUT2D eigenvalue weighted by molar-refractivity contribution is 7.99. The van der Waals surface area contributed by atoms with Crippen molar-refractivity contribution < 1.29 is 4.79 Å². The Morgan fingerprint density at radius 2 is 2.00 bits per heavy atom. The molecular weight excluding hydrogens is 332 g/mol. The number of benzene rings is 1. The minimum atomic E-state index is -0.301. The van der Waals surface area contributed by atoms with Gasteiger partial charge in [-0.2, -0.15) is 9.78 Å². The highest BCUT2D eigenvalue weighted by Crippen LogP contribution is 2.36. The van der Waals surface area contributed by atoms with Crippen LogP contribution in [0.2, 0.25) is 5.02 Å². The summed E-state index contributed by atoms with van der Waals surface area (Å²) in [4.78, 5) is 22.3. The first-order chi connectivity index (χ1) is 11.1. The molecule has 3 aromatic rings. The minimum Gasteiger partial charge on any atom is -0.265 e. The maximum Gasteiger partial charge on any atom is 0.298 e. The van der Waals surface area contributed by atoms with Gasteiger partial charge < -0.3 is 0 Å². The van der Waals surface area contributed by atoms with Crippen LogP contribution >= 0.6 is 23.4 Å². The molecular formula is C16H13ClN4OS. The minimum absolute atomic E-state index is 0.257. The second kappa shape index (κ2) is 6.52. The van der Waals surface area contributed by atoms with Crippen LogP contribution in [-0.4, -0.2) is 25.7 Å². The van der Waals surface area contributed by atoms with E-state index >= 15 is 0 Å². The molecule has 2 aromatic heterocycles. The predicted molar refractivity (Wildman–Crippen MR) is 89.0 cm³/mol. The molecule has 5 nitrogen and oxygen atoms in total. The van der Waals surface area contributed by atoms with Crippen LogP contribution < -0.4 is 0 Å². The van der Waals surface area contributed by atoms with Crippen molar-refractivity contribution in [3.05, 3.63) is 65.0 Å². The third-order valence-corrected chi connectivity index (χ3v) is 5.06. The Morgan fingerprint density at radius 1 is 1.22 bits per heavy atom. The molecule has 3 rings (SSSR count). The number of hydrogen-bond acceptors (Lipinski definition) is 5. The molecule has 0 spiro atoms. The lowest BCUT2D eigenvalue weighted by Crippen LogP contribution is -2.16. The van der Waals surface area contributed by atoms with Gasteiger partial charge in [0.1, 0.15) is 5.69 Å². The first-order valence-electron chi connectivity index (χ1n) is 6.87. The summed E-state index contributed by atoms with van der Waals surface area (Å²) >= 11 is 7.71. The molecule has 0 unspecified atom stereocenters. The van der Waals surface area contributed by atoms with Crippen LogP contribution in [0, 0.1) is 13.8 Å². The highest BCUT2D eigenvalue weighted by Gasteiger charge is 2.20. The van der Waals surface area contributed by atoms with Crippen molar-refractivity contribution in [1.29, 1.82) is 0 Å². The fourth-order valence-corrected chi connectivity index (χ4v) is 3.34. The first kappa shape index (κ1) is 15.7. The standard InChI is InChI=1S/C16H13ClN4OS/c1-10-15(23-14-6-4-3-5-12(14)17)11(2)21(20-10)16(22)13-9-18-7-8-19-13/h3-9H,1-2H3. The van der Waals surface area contributed by atoms with Crippen molar-refractivity contribution in [2.45, 2.75) is 23.6 Å². The van der Waals surface area contributed by atoms with Crippen LogP contribution in [0.5, 0.6) is 0 Å². The van der Waals surface area contributed by atoms with Crippen molar-refractivity contribution in [1.82, 2.24) is 19.7 Å². The Morgan fingerprint density at radius 3 is 2.70 bits per heavy atom. The second-order valence-corrected chi connectivity index (χ2v) is 6.30. The predicted octanol–water partition coefficient (Wildman–Crippen LogP) is 3.78. The molecule has 1 aromatic carbocycles. The molecule has 0 saturated carbocycles. The Kier molecular flexibility index (Phi) is 4.45. The highest BCUT2D eigenvalue weighted by atomic mass is 35.5. The molecule has 0 saturated heterocycles. The van der Waals surface area contributed by atoms with E-state index < -0.39 is 0 Å². The van der Waals surface area contributed by atoms with Gasteiger partial charge in [0.2, 0.25) is 0 Å². The summed E-state index contributed by atoms with van der Waals surface area (Å²) in [5, 5.41) is 5.02. The van der Waals surface area contributed by atoms with Crippen LogP contribution in [0.4, 0.5) is 0 Å². The van der Waals surface area contributed by atoms with Gasteiger partial charge in [0, 0.05) is 17.3 Å². The van der Waals surface area contributed by atoms with E-state index in [1.165, 1.54) is 35.0 Å². The molecule has 0 aliphatic carbocycles. The maximum absolute atomic E-state index is 12.5. The Balaban J connectivity index is 1.97. The third kappa shape index (κ3) is 3.13. The number of carbonyl (C=O) groups is 1. The molecule has 23 heavy (non-hydrogen) atoms. The van der Waals surface area contributed by atoms with E-state index in [2.05, 4.69) is 15.1 Å². The lowest BCUT2D eigenvalue weighted by molar-refractivity contribution is 0.0936. The largest absolute Gasteiger partial charge is 0.298 e. The topological polar surface area (TPSA) is 60.7 Å². The van der Waals surface area contributed by atoms with Crippen molar-refractivity contribution in [3.63, 3.8) is 0 Å². The number of halogens is 1. The van der Waals surface area contributed by atoms with Crippen LogP contribution in [0.15, 0.2) is 52.6 Å². The molecule has 116 valence electrons. The van der Waals surface area contributed by atoms with E-state index in [9.17, 15) is 4.79 Å². The maximum atomic E-state index is 12.5. The van der Waals surface area contributed by atoms with Gasteiger partial charge in [0.05, 0.1) is 27.5 Å². The van der Waals surface area contributed by atoms with Gasteiger partial charge in [-0.3, -0.25) is 9.78 Å². The fraction of sp³-hybridized carbons (Fsp3) is 0.125. The molecule has 0 N–H and O–H groups in total. The fourth-order valence-electron chi connectivity index (χ4n) is 2.13. The van der Waals surface area contributed by atoms with E-state index in [4.69, 9.17) is 11.6 Å². The summed E-state index contributed by atoms with van der Waals surface area (Å²) < 4.78 is 1.36. The summed E-state index contributed by atoms with van der Waals surface area (Å²) in [5.74, 6) is -0.301. The Hall–Kier alpha value is -2.18. The molecule has 0 amide bonds. The zero-order valence-electron chi connectivity index (χ0n) is 12.5. The SMILES string of the molecule is Cc1nn(C(=O)c2cnccn2)c(C)c1Sc1ccccc1Cl. The van der Waals surface area contributed by atoms with Crippen LogP contribution in [-0.2, 0) is 0 Å². The van der Waals surface area contributed by atoms with Gasteiger partial charge in [-0.25, -0.2) is 4.98 Å². The van der Waals surface area contributed by atoms with E-state index in [0.717, 1.165) is 21.2 Å². The lowest BCUT2D eigenvalue weighted by atomic mass is 10.3. The summed E-state index contributed by atoms with van der Waals surface area (Å²) in [6, 6.07) is 7.58. The number of nitrogens with zero attached hydrogens (tertiary/aromatic N) is 4. The van der Waals surface area contributed by atoms with Crippen molar-refractivity contribution >= 4 is 29.3 Å². The van der Waals surface area contributed by atoms with E-state index in [1.807, 2.05) is 38.1 Å². The quantitative estimate of drug-likeness (QED) is 0.723. The number of hydrogen-bond donors (Lipinski definition) is 0. The number of rotatable bonds is 3. The van der Waals surface area contributed by atoms with Crippen LogP contribution in [0.3, 0.4) is 0 Å². The van der Waals surface area contributed by atoms with Crippen LogP contribution in [0.25, 0.3) is 0 Å². The van der Waals surface area contributed by atoms with Gasteiger partial charge >= 0.3 is 0 Å². The summed E-state index contributed by atoms with van der Waals surface area (Å²) in [5.41, 5.74) is 1.78. The summed E-state index contributed by atoms with van der Waals surface area (Å²) in [6.45, 7) is 3.72. The third-order valence-electron chi connectivity index (χ3n) is 3.25. The van der Waals surface area contributed by atoms with E-state index in [1.54, 1.807) is 0 Å². The van der Waals surface area contributed by atoms with Crippen LogP contribution in [0.1, 0.15) is 21.9 Å². The average molecular weight is 345 g/mol. The second-order valence-electron chi connectivity index (χ2n) is 4.84. The molecule has 0 radical (unpaired) electrons. The Labute approximate surface area is 142 Å². The molecule has 0 aliphatic heterocycles. The van der Waals surface area contributed by atoms with E-state index in [-0.39, 0.29) is 11.6 Å². The number of carbonyl (C=O) groups excluding carboxylic acids is 1. The number of aryl methyl sites for hydroxylation is 1. The van der Waals surface area contributed by atoms with Crippen molar-refractivity contribution in [2.24, 2.45) is 0 Å². The molecule has 7 heteroatoms. The molecule has 0 bridgehead atoms. The van der Waals surface area contributed by atoms with Gasteiger partial charge in [0.15, 0.2) is 0 Å². The zero-order valence-corrected chi connectivity index (χ0v) is 14.1. The van der Waals surface area contributed by atoms with Crippen molar-refractivity contribution in [2.75, 3.05) is 0 Å².